The third-order valence-electron chi connectivity index (χ3n) is 3.83. The molecule has 0 aliphatic carbocycles. The number of hydrogen-bond donors (Lipinski definition) is 1. The van der Waals surface area contributed by atoms with Crippen molar-refractivity contribution in [1.82, 2.24) is 14.9 Å². The van der Waals surface area contributed by atoms with Gasteiger partial charge in [0.05, 0.1) is 12.2 Å². The van der Waals surface area contributed by atoms with Gasteiger partial charge >= 0.3 is 0 Å². The summed E-state index contributed by atoms with van der Waals surface area (Å²) >= 11 is 1.62. The molecule has 0 amide bonds. The summed E-state index contributed by atoms with van der Waals surface area (Å²) < 4.78 is 29.3. The zero-order chi connectivity index (χ0) is 18.4. The van der Waals surface area contributed by atoms with E-state index in [1.54, 1.807) is 29.7 Å². The number of ether oxygens (including phenoxy) is 1. The number of anilines is 1. The summed E-state index contributed by atoms with van der Waals surface area (Å²) in [6, 6.07) is 4.99. The van der Waals surface area contributed by atoms with E-state index < -0.39 is 13.0 Å². The number of hydrogen-bond acceptors (Lipinski definition) is 6. The number of nitrogens with zero attached hydrogens (tertiary/aromatic N) is 5. The normalized spacial score (nSPS) is 15.0. The van der Waals surface area contributed by atoms with E-state index in [0.717, 1.165) is 31.3 Å². The highest BCUT2D eigenvalue weighted by Crippen LogP contribution is 2.18. The molecule has 2 aromatic rings. The van der Waals surface area contributed by atoms with Gasteiger partial charge in [-0.15, -0.1) is 35.3 Å². The number of pyridine rings is 1. The van der Waals surface area contributed by atoms with Crippen LogP contribution in [0.2, 0.25) is 0 Å². The van der Waals surface area contributed by atoms with Gasteiger partial charge in [0.25, 0.3) is 6.43 Å². The number of alkyl halides is 2. The molecule has 148 valence electrons. The van der Waals surface area contributed by atoms with Crippen molar-refractivity contribution in [1.29, 1.82) is 0 Å². The van der Waals surface area contributed by atoms with Crippen LogP contribution in [0.3, 0.4) is 0 Å². The lowest BCUT2D eigenvalue weighted by Gasteiger charge is -2.35. The van der Waals surface area contributed by atoms with E-state index in [9.17, 15) is 8.78 Å². The zero-order valence-electron chi connectivity index (χ0n) is 14.5. The van der Waals surface area contributed by atoms with Gasteiger partial charge in [-0.2, -0.15) is 0 Å². The van der Waals surface area contributed by atoms with Crippen LogP contribution in [0.4, 0.5) is 13.9 Å². The Morgan fingerprint density at radius 1 is 1.30 bits per heavy atom. The first kappa shape index (κ1) is 21.5. The molecule has 11 heteroatoms. The van der Waals surface area contributed by atoms with Crippen molar-refractivity contribution >= 4 is 46.4 Å². The van der Waals surface area contributed by atoms with Crippen molar-refractivity contribution in [2.24, 2.45) is 10.7 Å². The van der Waals surface area contributed by atoms with Gasteiger partial charge in [0.2, 0.25) is 5.88 Å². The summed E-state index contributed by atoms with van der Waals surface area (Å²) in [4.78, 5) is 17.1. The minimum absolute atomic E-state index is 0. The molecular formula is C16H21F2IN6OS. The molecule has 1 aliphatic rings. The third kappa shape index (κ3) is 6.41. The molecule has 1 aliphatic heterocycles. The molecular weight excluding hydrogens is 489 g/mol. The van der Waals surface area contributed by atoms with Crippen LogP contribution in [0.15, 0.2) is 34.8 Å². The van der Waals surface area contributed by atoms with Gasteiger partial charge in [0.15, 0.2) is 17.7 Å². The van der Waals surface area contributed by atoms with E-state index in [4.69, 9.17) is 10.5 Å². The zero-order valence-corrected chi connectivity index (χ0v) is 17.6. The number of aliphatic imine (C=N–C) groups is 1. The minimum atomic E-state index is -2.53. The van der Waals surface area contributed by atoms with Crippen molar-refractivity contribution in [2.75, 3.05) is 37.7 Å². The van der Waals surface area contributed by atoms with Crippen LogP contribution in [0.5, 0.6) is 5.88 Å². The number of aromatic nitrogens is 2. The number of piperazine rings is 1. The van der Waals surface area contributed by atoms with Gasteiger partial charge in [-0.3, -0.25) is 0 Å². The second-order valence-corrected chi connectivity index (χ2v) is 6.51. The maximum absolute atomic E-state index is 12.2. The maximum Gasteiger partial charge on any atom is 0.272 e. The van der Waals surface area contributed by atoms with Gasteiger partial charge in [0.1, 0.15) is 0 Å². The summed E-state index contributed by atoms with van der Waals surface area (Å²) in [6.45, 7) is 2.78. The van der Waals surface area contributed by atoms with E-state index in [1.807, 2.05) is 10.3 Å². The fourth-order valence-electron chi connectivity index (χ4n) is 2.54. The van der Waals surface area contributed by atoms with Crippen LogP contribution < -0.4 is 15.4 Å². The van der Waals surface area contributed by atoms with Crippen molar-refractivity contribution < 1.29 is 13.5 Å². The van der Waals surface area contributed by atoms with E-state index >= 15 is 0 Å². The Hall–Kier alpha value is -1.76. The second kappa shape index (κ2) is 10.5. The largest absolute Gasteiger partial charge is 0.472 e. The molecule has 0 radical (unpaired) electrons. The second-order valence-electron chi connectivity index (χ2n) is 5.63. The van der Waals surface area contributed by atoms with Crippen molar-refractivity contribution in [3.8, 4) is 5.88 Å². The SMILES string of the molecule is I.NC(=NCc1cccc(OCC(F)F)n1)N1CCN(c2nccs2)CC1. The van der Waals surface area contributed by atoms with Crippen LogP contribution in [0.25, 0.3) is 0 Å². The van der Waals surface area contributed by atoms with Crippen molar-refractivity contribution in [3.63, 3.8) is 0 Å². The molecule has 3 heterocycles. The number of guanidine groups is 1. The highest BCUT2D eigenvalue weighted by molar-refractivity contribution is 14.0. The quantitative estimate of drug-likeness (QED) is 0.366. The Morgan fingerprint density at radius 2 is 2.07 bits per heavy atom. The first-order valence-corrected chi connectivity index (χ1v) is 9.06. The van der Waals surface area contributed by atoms with Gasteiger partial charge in [-0.25, -0.2) is 23.7 Å². The van der Waals surface area contributed by atoms with Gasteiger partial charge in [0, 0.05) is 43.8 Å². The predicted octanol–water partition coefficient (Wildman–Crippen LogP) is 2.44. The fourth-order valence-corrected chi connectivity index (χ4v) is 3.23. The molecule has 2 N–H and O–H groups in total. The number of rotatable bonds is 6. The Morgan fingerprint density at radius 3 is 2.74 bits per heavy atom. The van der Waals surface area contributed by atoms with E-state index in [-0.39, 0.29) is 36.4 Å². The molecule has 0 atom stereocenters. The topological polar surface area (TPSA) is 79.9 Å². The lowest BCUT2D eigenvalue weighted by molar-refractivity contribution is 0.0795. The standard InChI is InChI=1S/C16H20F2N6OS.HI/c17-13(18)11-25-14-3-1-2-12(22-14)10-21-15(19)23-5-7-24(8-6-23)16-20-4-9-26-16;/h1-4,9,13H,5-8,10-11H2,(H2,19,21);1H. The molecule has 0 saturated carbocycles. The molecule has 0 unspecified atom stereocenters. The van der Waals surface area contributed by atoms with Crippen LogP contribution in [0.1, 0.15) is 5.69 Å². The lowest BCUT2D eigenvalue weighted by atomic mass is 10.3. The summed E-state index contributed by atoms with van der Waals surface area (Å²) in [6.07, 6.45) is -0.730. The van der Waals surface area contributed by atoms with Crippen LogP contribution in [-0.2, 0) is 6.54 Å². The highest BCUT2D eigenvalue weighted by Gasteiger charge is 2.19. The monoisotopic (exact) mass is 510 g/mol. The highest BCUT2D eigenvalue weighted by atomic mass is 127. The van der Waals surface area contributed by atoms with Gasteiger partial charge in [-0.1, -0.05) is 6.07 Å². The summed E-state index contributed by atoms with van der Waals surface area (Å²) in [5.74, 6) is 0.609. The summed E-state index contributed by atoms with van der Waals surface area (Å²) in [5.41, 5.74) is 6.70. The summed E-state index contributed by atoms with van der Waals surface area (Å²) in [5, 5.41) is 2.98. The van der Waals surface area contributed by atoms with Gasteiger partial charge in [-0.05, 0) is 6.07 Å². The molecule has 7 nitrogen and oxygen atoms in total. The van der Waals surface area contributed by atoms with Gasteiger partial charge < -0.3 is 20.3 Å². The van der Waals surface area contributed by atoms with Crippen LogP contribution in [0, 0.1) is 0 Å². The van der Waals surface area contributed by atoms with Crippen molar-refractivity contribution in [2.45, 2.75) is 13.0 Å². The Balaban J connectivity index is 0.00000261. The number of halogens is 3. The fraction of sp³-hybridized carbons (Fsp3) is 0.438. The molecule has 0 bridgehead atoms. The molecule has 0 spiro atoms. The molecule has 1 fully saturated rings. The lowest BCUT2D eigenvalue weighted by Crippen LogP contribution is -2.51. The molecule has 3 rings (SSSR count). The average molecular weight is 510 g/mol. The van der Waals surface area contributed by atoms with E-state index in [0.29, 0.717) is 11.7 Å². The average Bonchev–Trinajstić information content (AvgIpc) is 3.20. The Labute approximate surface area is 177 Å². The molecule has 0 aromatic carbocycles. The number of nitrogens with two attached hydrogens (primary N) is 1. The van der Waals surface area contributed by atoms with Crippen LogP contribution in [-0.4, -0.2) is 60.0 Å². The number of thiazole rings is 1. The van der Waals surface area contributed by atoms with E-state index in [2.05, 4.69) is 19.9 Å². The molecule has 2 aromatic heterocycles. The molecule has 27 heavy (non-hydrogen) atoms. The first-order valence-electron chi connectivity index (χ1n) is 8.18. The smallest absolute Gasteiger partial charge is 0.272 e. The van der Waals surface area contributed by atoms with E-state index in [1.165, 1.54) is 6.07 Å². The Bertz CT molecular complexity index is 725. The third-order valence-corrected chi connectivity index (χ3v) is 4.67. The predicted molar refractivity (Wildman–Crippen MR) is 112 cm³/mol. The van der Waals surface area contributed by atoms with Crippen molar-refractivity contribution in [3.05, 3.63) is 35.5 Å². The Kier molecular flexibility index (Phi) is 8.41. The van der Waals surface area contributed by atoms with Crippen LogP contribution >= 0.6 is 35.3 Å². The first-order chi connectivity index (χ1) is 12.6. The minimum Gasteiger partial charge on any atom is -0.472 e. The maximum atomic E-state index is 12.2. The molecule has 1 saturated heterocycles. The summed E-state index contributed by atoms with van der Waals surface area (Å²) in [7, 11) is 0.